The van der Waals surface area contributed by atoms with Crippen LogP contribution < -0.4 is 0 Å². The maximum absolute atomic E-state index is 11.8. The quantitative estimate of drug-likeness (QED) is 0.533. The molecule has 0 fully saturated rings. The van der Waals surface area contributed by atoms with E-state index in [1.165, 1.54) is 30.3 Å². The van der Waals surface area contributed by atoms with Gasteiger partial charge in [0.2, 0.25) is 0 Å². The molecule has 2 rings (SSSR count). The molecule has 0 aliphatic heterocycles. The molecule has 0 saturated heterocycles. The van der Waals surface area contributed by atoms with Gasteiger partial charge in [-0.15, -0.1) is 0 Å². The van der Waals surface area contributed by atoms with Gasteiger partial charge in [-0.2, -0.15) is 0 Å². The molecule has 0 aliphatic rings. The highest BCUT2D eigenvalue weighted by Gasteiger charge is 2.23. The first-order valence-electron chi connectivity index (χ1n) is 4.30. The number of carbonyl (C=O) groups is 1. The standard InChI is InChI=1S/C8H7N5O3/c1-11-6(13(15)16)4-10-7(11)8(14)12-3-2-9-5-12/h2-5H,1H3. The Hall–Kier alpha value is -2.51. The molecule has 0 unspecified atom stereocenters. The van der Waals surface area contributed by atoms with Gasteiger partial charge in [0.25, 0.3) is 5.82 Å². The Labute approximate surface area is 89.3 Å². The largest absolute Gasteiger partial charge is 0.358 e. The topological polar surface area (TPSA) is 95.9 Å². The van der Waals surface area contributed by atoms with E-state index in [2.05, 4.69) is 9.97 Å². The minimum absolute atomic E-state index is 0.00954. The smallest absolute Gasteiger partial charge is 0.343 e. The van der Waals surface area contributed by atoms with Gasteiger partial charge in [0.05, 0.1) is 7.05 Å². The molecule has 0 saturated carbocycles. The molecule has 0 radical (unpaired) electrons. The summed E-state index contributed by atoms with van der Waals surface area (Å²) in [6, 6.07) is 0. The molecule has 8 nitrogen and oxygen atoms in total. The zero-order valence-electron chi connectivity index (χ0n) is 8.27. The molecule has 0 bridgehead atoms. The number of hydrogen-bond acceptors (Lipinski definition) is 5. The second-order valence-corrected chi connectivity index (χ2v) is 3.03. The third kappa shape index (κ3) is 1.45. The van der Waals surface area contributed by atoms with E-state index in [0.717, 1.165) is 10.8 Å². The van der Waals surface area contributed by atoms with Gasteiger partial charge in [-0.3, -0.25) is 9.36 Å². The fourth-order valence-electron chi connectivity index (χ4n) is 1.26. The van der Waals surface area contributed by atoms with Gasteiger partial charge in [-0.05, 0) is 4.92 Å². The van der Waals surface area contributed by atoms with Crippen LogP contribution in [-0.4, -0.2) is 29.9 Å². The lowest BCUT2D eigenvalue weighted by Gasteiger charge is -1.98. The van der Waals surface area contributed by atoms with Crippen LogP contribution in [0.3, 0.4) is 0 Å². The highest BCUT2D eigenvalue weighted by Crippen LogP contribution is 2.12. The van der Waals surface area contributed by atoms with Crippen molar-refractivity contribution in [3.63, 3.8) is 0 Å². The van der Waals surface area contributed by atoms with Gasteiger partial charge >= 0.3 is 11.7 Å². The van der Waals surface area contributed by atoms with Crippen LogP contribution in [0, 0.1) is 10.1 Å². The second kappa shape index (κ2) is 3.57. The molecular formula is C8H7N5O3. The normalized spacial score (nSPS) is 10.3. The predicted octanol–water partition coefficient (Wildman–Crippen LogP) is 0.213. The molecule has 2 heterocycles. The zero-order chi connectivity index (χ0) is 11.7. The average Bonchev–Trinajstić information content (AvgIpc) is 2.84. The van der Waals surface area contributed by atoms with Gasteiger partial charge in [0, 0.05) is 12.4 Å². The van der Waals surface area contributed by atoms with E-state index >= 15 is 0 Å². The molecule has 16 heavy (non-hydrogen) atoms. The SMILES string of the molecule is Cn1c([N+](=O)[O-])cnc1C(=O)n1ccnc1. The van der Waals surface area contributed by atoms with E-state index in [1.807, 2.05) is 0 Å². The van der Waals surface area contributed by atoms with Gasteiger partial charge in [-0.1, -0.05) is 0 Å². The Morgan fingerprint density at radius 1 is 1.56 bits per heavy atom. The van der Waals surface area contributed by atoms with E-state index < -0.39 is 10.8 Å². The highest BCUT2D eigenvalue weighted by atomic mass is 16.6. The summed E-state index contributed by atoms with van der Waals surface area (Å²) < 4.78 is 2.33. The van der Waals surface area contributed by atoms with Gasteiger partial charge in [0.1, 0.15) is 12.5 Å². The first-order valence-corrected chi connectivity index (χ1v) is 4.30. The van der Waals surface area contributed by atoms with Crippen molar-refractivity contribution in [1.82, 2.24) is 19.1 Å². The lowest BCUT2D eigenvalue weighted by molar-refractivity contribution is -0.391. The Balaban J connectivity index is 2.43. The Kier molecular flexibility index (Phi) is 2.24. The van der Waals surface area contributed by atoms with Crippen LogP contribution in [0.25, 0.3) is 0 Å². The predicted molar refractivity (Wildman–Crippen MR) is 51.8 cm³/mol. The number of carbonyl (C=O) groups excluding carboxylic acids is 1. The monoisotopic (exact) mass is 221 g/mol. The van der Waals surface area contributed by atoms with E-state index in [4.69, 9.17) is 0 Å². The van der Waals surface area contributed by atoms with Gasteiger partial charge < -0.3 is 10.1 Å². The lowest BCUT2D eigenvalue weighted by atomic mass is 10.5. The average molecular weight is 221 g/mol. The van der Waals surface area contributed by atoms with Crippen LogP contribution >= 0.6 is 0 Å². The third-order valence-electron chi connectivity index (χ3n) is 2.08. The summed E-state index contributed by atoms with van der Waals surface area (Å²) in [5.41, 5.74) is 0. The van der Waals surface area contributed by atoms with E-state index in [1.54, 1.807) is 0 Å². The number of rotatable bonds is 2. The molecule has 0 spiro atoms. The van der Waals surface area contributed by atoms with E-state index in [9.17, 15) is 14.9 Å². The summed E-state index contributed by atoms with van der Waals surface area (Å²) in [5, 5.41) is 10.6. The zero-order valence-corrected chi connectivity index (χ0v) is 8.27. The van der Waals surface area contributed by atoms with Crippen molar-refractivity contribution in [2.24, 2.45) is 7.05 Å². The molecule has 0 aliphatic carbocycles. The Morgan fingerprint density at radius 2 is 2.31 bits per heavy atom. The van der Waals surface area contributed by atoms with Crippen LogP contribution in [0.1, 0.15) is 10.6 Å². The second-order valence-electron chi connectivity index (χ2n) is 3.03. The fraction of sp³-hybridized carbons (Fsp3) is 0.125. The summed E-state index contributed by atoms with van der Waals surface area (Å²) in [5.74, 6) is -0.707. The molecular weight excluding hydrogens is 214 g/mol. The number of aromatic nitrogens is 4. The van der Waals surface area contributed by atoms with Crippen molar-refractivity contribution >= 4 is 11.7 Å². The first kappa shape index (κ1) is 10.0. The van der Waals surface area contributed by atoms with Crippen molar-refractivity contribution in [2.45, 2.75) is 0 Å². The van der Waals surface area contributed by atoms with Crippen molar-refractivity contribution in [2.75, 3.05) is 0 Å². The number of hydrogen-bond donors (Lipinski definition) is 0. The Morgan fingerprint density at radius 3 is 2.81 bits per heavy atom. The van der Waals surface area contributed by atoms with Crippen LogP contribution in [0.5, 0.6) is 0 Å². The van der Waals surface area contributed by atoms with Gasteiger partial charge in [0.15, 0.2) is 0 Å². The Bertz CT molecular complexity index is 542. The molecule has 2 aromatic heterocycles. The molecule has 8 heteroatoms. The fourth-order valence-corrected chi connectivity index (χ4v) is 1.26. The molecule has 82 valence electrons. The van der Waals surface area contributed by atoms with Crippen LogP contribution in [-0.2, 0) is 7.05 Å². The van der Waals surface area contributed by atoms with Crippen LogP contribution in [0.15, 0.2) is 24.9 Å². The third-order valence-corrected chi connectivity index (χ3v) is 2.08. The van der Waals surface area contributed by atoms with Crippen molar-refractivity contribution in [3.05, 3.63) is 40.9 Å². The molecule has 0 atom stereocenters. The van der Waals surface area contributed by atoms with Crippen LogP contribution in [0.4, 0.5) is 5.82 Å². The molecule has 0 amide bonds. The van der Waals surface area contributed by atoms with Gasteiger partial charge in [-0.25, -0.2) is 14.5 Å². The summed E-state index contributed by atoms with van der Waals surface area (Å²) >= 11 is 0. The number of imidazole rings is 2. The van der Waals surface area contributed by atoms with Crippen LogP contribution in [0.2, 0.25) is 0 Å². The summed E-state index contributed by atoms with van der Waals surface area (Å²) in [7, 11) is 1.41. The minimum Gasteiger partial charge on any atom is -0.358 e. The highest BCUT2D eigenvalue weighted by molar-refractivity contribution is 5.92. The summed E-state index contributed by atoms with van der Waals surface area (Å²) in [4.78, 5) is 29.2. The maximum Gasteiger partial charge on any atom is 0.343 e. The number of nitrogens with zero attached hydrogens (tertiary/aromatic N) is 5. The first-order chi connectivity index (χ1) is 7.61. The molecule has 2 aromatic rings. The van der Waals surface area contributed by atoms with Crippen molar-refractivity contribution in [3.8, 4) is 0 Å². The van der Waals surface area contributed by atoms with E-state index in [-0.39, 0.29) is 11.6 Å². The number of nitro groups is 1. The van der Waals surface area contributed by atoms with Crippen molar-refractivity contribution in [1.29, 1.82) is 0 Å². The summed E-state index contributed by atoms with van der Waals surface area (Å²) in [6.07, 6.45) is 5.24. The van der Waals surface area contributed by atoms with E-state index in [0.29, 0.717) is 0 Å². The lowest BCUT2D eigenvalue weighted by Crippen LogP contribution is -2.15. The van der Waals surface area contributed by atoms with Crippen molar-refractivity contribution < 1.29 is 9.72 Å². The maximum atomic E-state index is 11.8. The molecule has 0 N–H and O–H groups in total. The molecule has 0 aromatic carbocycles. The minimum atomic E-state index is -0.600. The summed E-state index contributed by atoms with van der Waals surface area (Å²) in [6.45, 7) is 0.